The van der Waals surface area contributed by atoms with Gasteiger partial charge in [0.05, 0.1) is 0 Å². The van der Waals surface area contributed by atoms with Gasteiger partial charge in [0.25, 0.3) is 0 Å². The fourth-order valence-electron chi connectivity index (χ4n) is 3.23. The predicted molar refractivity (Wildman–Crippen MR) is 79.1 cm³/mol. The minimum atomic E-state index is 0.605. The Labute approximate surface area is 116 Å². The van der Waals surface area contributed by atoms with Crippen LogP contribution in [0.2, 0.25) is 5.02 Å². The molecule has 1 aliphatic carbocycles. The van der Waals surface area contributed by atoms with Crippen molar-refractivity contribution in [3.63, 3.8) is 0 Å². The van der Waals surface area contributed by atoms with Gasteiger partial charge in [0, 0.05) is 11.1 Å². The lowest BCUT2D eigenvalue weighted by atomic mass is 9.77. The van der Waals surface area contributed by atoms with Gasteiger partial charge in [-0.2, -0.15) is 0 Å². The van der Waals surface area contributed by atoms with Crippen molar-refractivity contribution in [2.45, 2.75) is 45.1 Å². The van der Waals surface area contributed by atoms with Gasteiger partial charge >= 0.3 is 0 Å². The van der Waals surface area contributed by atoms with E-state index in [0.29, 0.717) is 6.04 Å². The number of likely N-dealkylation sites (N-methyl/N-ethyl adjacent to an activating group) is 1. The van der Waals surface area contributed by atoms with Crippen LogP contribution in [0.4, 0.5) is 0 Å². The summed E-state index contributed by atoms with van der Waals surface area (Å²) in [6.45, 7) is 2.39. The molecule has 0 radical (unpaired) electrons. The van der Waals surface area contributed by atoms with Crippen LogP contribution in [-0.2, 0) is 6.42 Å². The number of halogens is 1. The summed E-state index contributed by atoms with van der Waals surface area (Å²) in [6.07, 6.45) is 6.67. The van der Waals surface area contributed by atoms with Gasteiger partial charge in [-0.15, -0.1) is 0 Å². The van der Waals surface area contributed by atoms with E-state index in [2.05, 4.69) is 31.4 Å². The minimum Gasteiger partial charge on any atom is -0.316 e. The molecule has 1 fully saturated rings. The van der Waals surface area contributed by atoms with E-state index < -0.39 is 0 Å². The molecule has 3 atom stereocenters. The van der Waals surface area contributed by atoms with Crippen LogP contribution in [0.3, 0.4) is 0 Å². The van der Waals surface area contributed by atoms with Crippen molar-refractivity contribution in [2.24, 2.45) is 11.8 Å². The van der Waals surface area contributed by atoms with E-state index in [1.54, 1.807) is 0 Å². The molecule has 1 aromatic rings. The van der Waals surface area contributed by atoms with Crippen molar-refractivity contribution >= 4 is 11.6 Å². The Balaban J connectivity index is 1.98. The zero-order valence-corrected chi connectivity index (χ0v) is 12.2. The maximum atomic E-state index is 5.93. The van der Waals surface area contributed by atoms with Crippen LogP contribution in [-0.4, -0.2) is 13.1 Å². The lowest BCUT2D eigenvalue weighted by Gasteiger charge is -2.33. The number of rotatable bonds is 4. The first-order valence-corrected chi connectivity index (χ1v) is 7.48. The number of benzene rings is 1. The summed E-state index contributed by atoms with van der Waals surface area (Å²) in [6, 6.07) is 8.90. The van der Waals surface area contributed by atoms with Crippen LogP contribution in [0.1, 0.15) is 38.2 Å². The van der Waals surface area contributed by atoms with E-state index in [4.69, 9.17) is 11.6 Å². The standard InChI is InChI=1S/C16H24ClN/c1-12-4-3-5-14(10-12)16(18-2)11-13-6-8-15(17)9-7-13/h6-9,12,14,16,18H,3-5,10-11H2,1-2H3. The highest BCUT2D eigenvalue weighted by molar-refractivity contribution is 6.30. The van der Waals surface area contributed by atoms with Gasteiger partial charge in [-0.1, -0.05) is 43.5 Å². The fourth-order valence-corrected chi connectivity index (χ4v) is 3.35. The van der Waals surface area contributed by atoms with Crippen molar-refractivity contribution in [1.29, 1.82) is 0 Å². The van der Waals surface area contributed by atoms with Crippen molar-refractivity contribution in [1.82, 2.24) is 5.32 Å². The highest BCUT2D eigenvalue weighted by Crippen LogP contribution is 2.31. The van der Waals surface area contributed by atoms with E-state index in [1.807, 2.05) is 12.1 Å². The summed E-state index contributed by atoms with van der Waals surface area (Å²) in [7, 11) is 2.10. The largest absolute Gasteiger partial charge is 0.316 e. The van der Waals surface area contributed by atoms with Crippen molar-refractivity contribution in [3.05, 3.63) is 34.9 Å². The molecule has 1 aromatic carbocycles. The third-order valence-corrected chi connectivity index (χ3v) is 4.54. The van der Waals surface area contributed by atoms with Gasteiger partial charge in [0.15, 0.2) is 0 Å². The summed E-state index contributed by atoms with van der Waals surface area (Å²) in [5.74, 6) is 1.72. The Morgan fingerprint density at radius 2 is 2.00 bits per heavy atom. The zero-order chi connectivity index (χ0) is 13.0. The van der Waals surface area contributed by atoms with Crippen LogP contribution < -0.4 is 5.32 Å². The molecule has 3 unspecified atom stereocenters. The smallest absolute Gasteiger partial charge is 0.0406 e. The van der Waals surface area contributed by atoms with Crippen LogP contribution in [0.15, 0.2) is 24.3 Å². The van der Waals surface area contributed by atoms with Gasteiger partial charge in [-0.05, 0) is 55.8 Å². The van der Waals surface area contributed by atoms with Crippen LogP contribution in [0, 0.1) is 11.8 Å². The molecule has 2 heteroatoms. The number of hydrogen-bond donors (Lipinski definition) is 1. The SMILES string of the molecule is CNC(Cc1ccc(Cl)cc1)C1CCCC(C)C1. The van der Waals surface area contributed by atoms with E-state index in [0.717, 1.165) is 23.3 Å². The highest BCUT2D eigenvalue weighted by Gasteiger charge is 2.25. The van der Waals surface area contributed by atoms with Crippen molar-refractivity contribution in [3.8, 4) is 0 Å². The average Bonchev–Trinajstić information content (AvgIpc) is 2.38. The van der Waals surface area contributed by atoms with Gasteiger partial charge < -0.3 is 5.32 Å². The molecule has 0 bridgehead atoms. The number of nitrogens with one attached hydrogen (secondary N) is 1. The average molecular weight is 266 g/mol. The second-order valence-electron chi connectivity index (χ2n) is 5.76. The topological polar surface area (TPSA) is 12.0 Å². The maximum Gasteiger partial charge on any atom is 0.0406 e. The monoisotopic (exact) mass is 265 g/mol. The first-order valence-electron chi connectivity index (χ1n) is 7.10. The lowest BCUT2D eigenvalue weighted by molar-refractivity contribution is 0.227. The Morgan fingerprint density at radius 3 is 2.61 bits per heavy atom. The third kappa shape index (κ3) is 3.73. The van der Waals surface area contributed by atoms with Gasteiger partial charge in [-0.25, -0.2) is 0 Å². The molecular formula is C16H24ClN. The third-order valence-electron chi connectivity index (χ3n) is 4.29. The molecule has 0 saturated heterocycles. The van der Waals surface area contributed by atoms with E-state index >= 15 is 0 Å². The Morgan fingerprint density at radius 1 is 1.28 bits per heavy atom. The van der Waals surface area contributed by atoms with E-state index in [9.17, 15) is 0 Å². The van der Waals surface area contributed by atoms with Gasteiger partial charge in [-0.3, -0.25) is 0 Å². The zero-order valence-electron chi connectivity index (χ0n) is 11.5. The van der Waals surface area contributed by atoms with Crippen molar-refractivity contribution in [2.75, 3.05) is 7.05 Å². The van der Waals surface area contributed by atoms with E-state index in [-0.39, 0.29) is 0 Å². The van der Waals surface area contributed by atoms with Crippen LogP contribution in [0.25, 0.3) is 0 Å². The summed E-state index contributed by atoms with van der Waals surface area (Å²) >= 11 is 5.93. The molecule has 100 valence electrons. The molecule has 0 amide bonds. The van der Waals surface area contributed by atoms with Crippen LogP contribution >= 0.6 is 11.6 Å². The lowest BCUT2D eigenvalue weighted by Crippen LogP contribution is -2.37. The predicted octanol–water partition coefficient (Wildman–Crippen LogP) is 4.30. The molecule has 0 aliphatic heterocycles. The quantitative estimate of drug-likeness (QED) is 0.856. The Hall–Kier alpha value is -0.530. The fraction of sp³-hybridized carbons (Fsp3) is 0.625. The summed E-state index contributed by atoms with van der Waals surface area (Å²) in [5.41, 5.74) is 1.39. The molecule has 1 aliphatic rings. The summed E-state index contributed by atoms with van der Waals surface area (Å²) in [5, 5.41) is 4.35. The molecule has 0 spiro atoms. The molecule has 0 heterocycles. The molecule has 2 rings (SSSR count). The molecule has 18 heavy (non-hydrogen) atoms. The molecular weight excluding hydrogens is 242 g/mol. The second kappa shape index (κ2) is 6.58. The van der Waals surface area contributed by atoms with Gasteiger partial charge in [0.1, 0.15) is 0 Å². The molecule has 1 N–H and O–H groups in total. The number of hydrogen-bond acceptors (Lipinski definition) is 1. The highest BCUT2D eigenvalue weighted by atomic mass is 35.5. The normalized spacial score (nSPS) is 25.9. The Kier molecular flexibility index (Phi) is 5.08. The minimum absolute atomic E-state index is 0.605. The Bertz CT molecular complexity index is 360. The van der Waals surface area contributed by atoms with Crippen molar-refractivity contribution < 1.29 is 0 Å². The van der Waals surface area contributed by atoms with E-state index in [1.165, 1.54) is 31.2 Å². The first-order chi connectivity index (χ1) is 8.69. The summed E-state index contributed by atoms with van der Waals surface area (Å²) < 4.78 is 0. The van der Waals surface area contributed by atoms with Crippen LogP contribution in [0.5, 0.6) is 0 Å². The first kappa shape index (κ1) is 13.9. The molecule has 1 saturated carbocycles. The molecule has 1 nitrogen and oxygen atoms in total. The summed E-state index contributed by atoms with van der Waals surface area (Å²) in [4.78, 5) is 0. The maximum absolute atomic E-state index is 5.93. The molecule has 0 aromatic heterocycles. The van der Waals surface area contributed by atoms with Gasteiger partial charge in [0.2, 0.25) is 0 Å². The second-order valence-corrected chi connectivity index (χ2v) is 6.19.